The first kappa shape index (κ1) is 18.2. The smallest absolute Gasteiger partial charge is 0.244 e. The first-order chi connectivity index (χ1) is 11.9. The summed E-state index contributed by atoms with van der Waals surface area (Å²) in [6.07, 6.45) is 0.967. The standard InChI is InChI=1S/C19H23ClN2O2S/c1-3-16-8-6-7-15(2)19(16)21-11-13-22(14-12-21)25(23,24)18-10-5-4-9-17(18)20/h4-10H,3,11-14H2,1-2H3. The molecule has 3 rings (SSSR count). The molecular weight excluding hydrogens is 356 g/mol. The molecule has 2 aromatic rings. The van der Waals surface area contributed by atoms with Gasteiger partial charge < -0.3 is 4.90 Å². The number of aryl methyl sites for hydroxylation is 2. The zero-order chi connectivity index (χ0) is 18.0. The van der Waals surface area contributed by atoms with Crippen LogP contribution in [0.3, 0.4) is 0 Å². The summed E-state index contributed by atoms with van der Waals surface area (Å²) < 4.78 is 27.3. The lowest BCUT2D eigenvalue weighted by molar-refractivity contribution is 0.384. The number of halogens is 1. The van der Waals surface area contributed by atoms with Crippen molar-refractivity contribution in [3.63, 3.8) is 0 Å². The largest absolute Gasteiger partial charge is 0.368 e. The Balaban J connectivity index is 1.80. The second-order valence-corrected chi connectivity index (χ2v) is 8.57. The van der Waals surface area contributed by atoms with Gasteiger partial charge in [-0.15, -0.1) is 0 Å². The van der Waals surface area contributed by atoms with Gasteiger partial charge in [0.15, 0.2) is 0 Å². The molecule has 0 atom stereocenters. The number of rotatable bonds is 4. The minimum Gasteiger partial charge on any atom is -0.368 e. The predicted molar refractivity (Wildman–Crippen MR) is 103 cm³/mol. The van der Waals surface area contributed by atoms with Gasteiger partial charge in [-0.25, -0.2) is 8.42 Å². The molecule has 0 saturated carbocycles. The molecule has 25 heavy (non-hydrogen) atoms. The van der Waals surface area contributed by atoms with Gasteiger partial charge in [-0.1, -0.05) is 48.9 Å². The quantitative estimate of drug-likeness (QED) is 0.814. The van der Waals surface area contributed by atoms with Crippen LogP contribution in [-0.2, 0) is 16.4 Å². The molecule has 1 aliphatic heterocycles. The maximum atomic E-state index is 12.9. The van der Waals surface area contributed by atoms with Crippen LogP contribution in [-0.4, -0.2) is 38.9 Å². The third kappa shape index (κ3) is 3.54. The molecule has 0 radical (unpaired) electrons. The topological polar surface area (TPSA) is 40.6 Å². The third-order valence-corrected chi connectivity index (χ3v) is 7.11. The summed E-state index contributed by atoms with van der Waals surface area (Å²) in [5, 5.41) is 0.275. The monoisotopic (exact) mass is 378 g/mol. The second kappa shape index (κ2) is 7.36. The fourth-order valence-electron chi connectivity index (χ4n) is 3.40. The average molecular weight is 379 g/mol. The molecule has 4 nitrogen and oxygen atoms in total. The Morgan fingerprint density at radius 1 is 1.00 bits per heavy atom. The van der Waals surface area contributed by atoms with E-state index in [0.29, 0.717) is 26.2 Å². The van der Waals surface area contributed by atoms with E-state index in [2.05, 4.69) is 36.9 Å². The molecule has 0 amide bonds. The second-order valence-electron chi connectivity index (χ2n) is 6.26. The van der Waals surface area contributed by atoms with E-state index in [9.17, 15) is 8.42 Å². The van der Waals surface area contributed by atoms with Crippen molar-refractivity contribution in [3.8, 4) is 0 Å². The lowest BCUT2D eigenvalue weighted by atomic mass is 10.0. The molecule has 134 valence electrons. The van der Waals surface area contributed by atoms with Crippen LogP contribution in [0.2, 0.25) is 5.02 Å². The summed E-state index contributed by atoms with van der Waals surface area (Å²) in [5.41, 5.74) is 3.80. The number of anilines is 1. The van der Waals surface area contributed by atoms with E-state index in [1.807, 2.05) is 0 Å². The maximum Gasteiger partial charge on any atom is 0.244 e. The number of nitrogens with zero attached hydrogens (tertiary/aromatic N) is 2. The van der Waals surface area contributed by atoms with Crippen molar-refractivity contribution in [1.82, 2.24) is 4.31 Å². The van der Waals surface area contributed by atoms with E-state index >= 15 is 0 Å². The number of hydrogen-bond acceptors (Lipinski definition) is 3. The number of benzene rings is 2. The zero-order valence-electron chi connectivity index (χ0n) is 14.6. The van der Waals surface area contributed by atoms with Crippen LogP contribution in [0.1, 0.15) is 18.1 Å². The lowest BCUT2D eigenvalue weighted by Crippen LogP contribution is -2.49. The first-order valence-electron chi connectivity index (χ1n) is 8.53. The van der Waals surface area contributed by atoms with Gasteiger partial charge >= 0.3 is 0 Å². The minimum atomic E-state index is -3.55. The highest BCUT2D eigenvalue weighted by molar-refractivity contribution is 7.89. The summed E-state index contributed by atoms with van der Waals surface area (Å²) >= 11 is 6.10. The summed E-state index contributed by atoms with van der Waals surface area (Å²) in [6, 6.07) is 13.0. The van der Waals surface area contributed by atoms with Gasteiger partial charge in [0.05, 0.1) is 5.02 Å². The Morgan fingerprint density at radius 2 is 1.68 bits per heavy atom. The molecule has 0 unspecified atom stereocenters. The van der Waals surface area contributed by atoms with E-state index in [0.717, 1.165) is 6.42 Å². The molecule has 2 aromatic carbocycles. The van der Waals surface area contributed by atoms with E-state index in [-0.39, 0.29) is 9.92 Å². The van der Waals surface area contributed by atoms with E-state index in [4.69, 9.17) is 11.6 Å². The highest BCUT2D eigenvalue weighted by Crippen LogP contribution is 2.29. The van der Waals surface area contributed by atoms with Gasteiger partial charge in [-0.2, -0.15) is 4.31 Å². The van der Waals surface area contributed by atoms with E-state index in [1.54, 1.807) is 24.3 Å². The van der Waals surface area contributed by atoms with Crippen LogP contribution >= 0.6 is 11.6 Å². The molecule has 0 bridgehead atoms. The molecule has 0 N–H and O–H groups in total. The van der Waals surface area contributed by atoms with Crippen molar-refractivity contribution in [2.45, 2.75) is 25.2 Å². The Hall–Kier alpha value is -1.56. The van der Waals surface area contributed by atoms with Crippen molar-refractivity contribution >= 4 is 27.3 Å². The van der Waals surface area contributed by atoms with Gasteiger partial charge in [0, 0.05) is 31.9 Å². The number of para-hydroxylation sites is 1. The number of piperazine rings is 1. The number of sulfonamides is 1. The number of hydrogen-bond donors (Lipinski definition) is 0. The first-order valence-corrected chi connectivity index (χ1v) is 10.3. The van der Waals surface area contributed by atoms with Crippen molar-refractivity contribution in [1.29, 1.82) is 0 Å². The Kier molecular flexibility index (Phi) is 5.37. The zero-order valence-corrected chi connectivity index (χ0v) is 16.1. The van der Waals surface area contributed by atoms with Gasteiger partial charge in [-0.3, -0.25) is 0 Å². The highest BCUT2D eigenvalue weighted by Gasteiger charge is 2.30. The molecule has 0 aliphatic carbocycles. The summed E-state index contributed by atoms with van der Waals surface area (Å²) in [6.45, 7) is 6.55. The van der Waals surface area contributed by atoms with Crippen molar-refractivity contribution in [2.75, 3.05) is 31.1 Å². The van der Waals surface area contributed by atoms with Crippen LogP contribution in [0.15, 0.2) is 47.4 Å². The Morgan fingerprint density at radius 3 is 2.32 bits per heavy atom. The predicted octanol–water partition coefficient (Wildman–Crippen LogP) is 3.72. The average Bonchev–Trinajstić information content (AvgIpc) is 2.62. The van der Waals surface area contributed by atoms with Crippen LogP contribution in [0.5, 0.6) is 0 Å². The van der Waals surface area contributed by atoms with Crippen molar-refractivity contribution in [3.05, 3.63) is 58.6 Å². The SMILES string of the molecule is CCc1cccc(C)c1N1CCN(S(=O)(=O)c2ccccc2Cl)CC1. The van der Waals surface area contributed by atoms with Crippen LogP contribution in [0.4, 0.5) is 5.69 Å². The molecule has 1 aliphatic rings. The fraction of sp³-hybridized carbons (Fsp3) is 0.368. The summed E-state index contributed by atoms with van der Waals surface area (Å²) in [5.74, 6) is 0. The lowest BCUT2D eigenvalue weighted by Gasteiger charge is -2.37. The highest BCUT2D eigenvalue weighted by atomic mass is 35.5. The Bertz CT molecular complexity index is 859. The minimum absolute atomic E-state index is 0.190. The van der Waals surface area contributed by atoms with Gasteiger partial charge in [-0.05, 0) is 36.6 Å². The van der Waals surface area contributed by atoms with Crippen molar-refractivity contribution < 1.29 is 8.42 Å². The normalized spacial score (nSPS) is 16.2. The summed E-state index contributed by atoms with van der Waals surface area (Å²) in [4.78, 5) is 2.49. The molecule has 0 spiro atoms. The van der Waals surface area contributed by atoms with Crippen LogP contribution in [0, 0.1) is 6.92 Å². The maximum absolute atomic E-state index is 12.9. The molecule has 0 aromatic heterocycles. The van der Waals surface area contributed by atoms with Gasteiger partial charge in [0.2, 0.25) is 10.0 Å². The van der Waals surface area contributed by atoms with E-state index < -0.39 is 10.0 Å². The summed E-state index contributed by atoms with van der Waals surface area (Å²) in [7, 11) is -3.55. The molecule has 1 fully saturated rings. The third-order valence-electron chi connectivity index (χ3n) is 4.71. The van der Waals surface area contributed by atoms with Gasteiger partial charge in [0.1, 0.15) is 4.90 Å². The molecule has 1 saturated heterocycles. The van der Waals surface area contributed by atoms with Crippen LogP contribution in [0.25, 0.3) is 0 Å². The van der Waals surface area contributed by atoms with Gasteiger partial charge in [0.25, 0.3) is 0 Å². The Labute approximate surface area is 155 Å². The van der Waals surface area contributed by atoms with Crippen molar-refractivity contribution in [2.24, 2.45) is 0 Å². The molecule has 6 heteroatoms. The van der Waals surface area contributed by atoms with E-state index in [1.165, 1.54) is 21.1 Å². The molecular formula is C19H23ClN2O2S. The molecule has 1 heterocycles. The fourth-order valence-corrected chi connectivity index (χ4v) is 5.32. The van der Waals surface area contributed by atoms with Crippen LogP contribution < -0.4 is 4.90 Å².